The molecule has 0 aliphatic carbocycles. The Morgan fingerprint density at radius 1 is 1.42 bits per heavy atom. The molecule has 106 valence electrons. The number of carbonyl (C=O) groups excluding carboxylic acids is 1. The summed E-state index contributed by atoms with van der Waals surface area (Å²) in [5.41, 5.74) is 1.07. The maximum Gasteiger partial charge on any atom is 0.410 e. The zero-order valence-corrected chi connectivity index (χ0v) is 11.9. The summed E-state index contributed by atoms with van der Waals surface area (Å²) in [7, 11) is 0. The molecule has 1 amide bonds. The minimum absolute atomic E-state index is 0.106. The van der Waals surface area contributed by atoms with Gasteiger partial charge in [0.05, 0.1) is 12.1 Å². The number of nitrogens with zero attached hydrogens (tertiary/aromatic N) is 2. The lowest BCUT2D eigenvalue weighted by molar-refractivity contribution is 0.0222. The largest absolute Gasteiger partial charge is 0.444 e. The number of carbonyl (C=O) groups is 1. The lowest BCUT2D eigenvalue weighted by Crippen LogP contribution is -2.41. The molecule has 1 aromatic heterocycles. The van der Waals surface area contributed by atoms with Crippen LogP contribution < -0.4 is 5.56 Å². The molecule has 1 aliphatic heterocycles. The fourth-order valence-electron chi connectivity index (χ4n) is 2.26. The summed E-state index contributed by atoms with van der Waals surface area (Å²) in [5, 5.41) is 2.79. The molecule has 0 aromatic carbocycles. The average Bonchev–Trinajstić information content (AvgIpc) is 2.63. The van der Waals surface area contributed by atoms with E-state index < -0.39 is 5.60 Å². The van der Waals surface area contributed by atoms with Gasteiger partial charge in [0.1, 0.15) is 5.60 Å². The van der Waals surface area contributed by atoms with Crippen molar-refractivity contribution in [3.8, 4) is 0 Å². The number of ether oxygens (including phenoxy) is 1. The Hall–Kier alpha value is -1.72. The van der Waals surface area contributed by atoms with E-state index in [4.69, 9.17) is 4.74 Å². The highest BCUT2D eigenvalue weighted by atomic mass is 16.6. The van der Waals surface area contributed by atoms with Gasteiger partial charge in [0.2, 0.25) is 0 Å². The summed E-state index contributed by atoms with van der Waals surface area (Å²) in [6.45, 7) is 9.13. The fraction of sp³-hybridized carbons (Fsp3) is 0.692. The van der Waals surface area contributed by atoms with Crippen LogP contribution in [0.2, 0.25) is 0 Å². The van der Waals surface area contributed by atoms with E-state index in [1.54, 1.807) is 4.90 Å². The quantitative estimate of drug-likeness (QED) is 0.838. The van der Waals surface area contributed by atoms with Crippen LogP contribution in [0.15, 0.2) is 4.79 Å². The van der Waals surface area contributed by atoms with Crippen LogP contribution in [0.25, 0.3) is 0 Å². The van der Waals surface area contributed by atoms with Crippen molar-refractivity contribution in [1.29, 1.82) is 0 Å². The van der Waals surface area contributed by atoms with Crippen molar-refractivity contribution in [3.05, 3.63) is 21.6 Å². The molecule has 2 rings (SSSR count). The van der Waals surface area contributed by atoms with Crippen molar-refractivity contribution in [2.45, 2.75) is 52.8 Å². The standard InChI is InChI=1S/C13H21N3O3/c1-5-16-10-6-7-15(8-9(10)11(17)14-16)12(18)19-13(2,3)4/h5-8H2,1-4H3,(H,14,17). The second-order valence-electron chi connectivity index (χ2n) is 5.76. The van der Waals surface area contributed by atoms with Crippen LogP contribution in [-0.2, 0) is 24.2 Å². The van der Waals surface area contributed by atoms with Gasteiger partial charge in [-0.2, -0.15) is 0 Å². The third-order valence-electron chi connectivity index (χ3n) is 3.12. The summed E-state index contributed by atoms with van der Waals surface area (Å²) < 4.78 is 7.18. The summed E-state index contributed by atoms with van der Waals surface area (Å²) in [6.07, 6.45) is 0.322. The molecule has 6 nitrogen and oxygen atoms in total. The molecule has 1 aliphatic rings. The maximum absolute atomic E-state index is 12.0. The molecule has 6 heteroatoms. The molecule has 2 heterocycles. The summed E-state index contributed by atoms with van der Waals surface area (Å²) in [4.78, 5) is 25.4. The fourth-order valence-corrected chi connectivity index (χ4v) is 2.26. The second kappa shape index (κ2) is 4.75. The number of hydrogen-bond acceptors (Lipinski definition) is 3. The Balaban J connectivity index is 2.16. The maximum atomic E-state index is 12.0. The molecule has 19 heavy (non-hydrogen) atoms. The molecule has 0 saturated heterocycles. The zero-order valence-electron chi connectivity index (χ0n) is 11.9. The highest BCUT2D eigenvalue weighted by Crippen LogP contribution is 2.18. The Morgan fingerprint density at radius 3 is 2.68 bits per heavy atom. The van der Waals surface area contributed by atoms with E-state index in [9.17, 15) is 9.59 Å². The van der Waals surface area contributed by atoms with Crippen LogP contribution in [-0.4, -0.2) is 32.9 Å². The van der Waals surface area contributed by atoms with Crippen LogP contribution >= 0.6 is 0 Å². The topological polar surface area (TPSA) is 67.3 Å². The van der Waals surface area contributed by atoms with E-state index in [1.807, 2.05) is 32.4 Å². The molecule has 0 bridgehead atoms. The minimum atomic E-state index is -0.515. The van der Waals surface area contributed by atoms with Gasteiger partial charge in [0.25, 0.3) is 5.56 Å². The number of amides is 1. The van der Waals surface area contributed by atoms with E-state index in [0.717, 1.165) is 12.2 Å². The van der Waals surface area contributed by atoms with E-state index in [-0.39, 0.29) is 11.7 Å². The van der Waals surface area contributed by atoms with Gasteiger partial charge in [0, 0.05) is 25.2 Å². The van der Waals surface area contributed by atoms with E-state index in [1.165, 1.54) is 0 Å². The Kier molecular flexibility index (Phi) is 3.43. The number of aromatic nitrogens is 2. The van der Waals surface area contributed by atoms with Crippen molar-refractivity contribution in [2.24, 2.45) is 0 Å². The normalized spacial score (nSPS) is 15.3. The molecule has 0 unspecified atom stereocenters. The van der Waals surface area contributed by atoms with Gasteiger partial charge in [-0.25, -0.2) is 4.79 Å². The summed E-state index contributed by atoms with van der Waals surface area (Å²) in [6, 6.07) is 0. The lowest BCUT2D eigenvalue weighted by atomic mass is 10.1. The Labute approximate surface area is 112 Å². The van der Waals surface area contributed by atoms with Crippen LogP contribution in [0.5, 0.6) is 0 Å². The first kappa shape index (κ1) is 13.7. The molecule has 0 fully saturated rings. The van der Waals surface area contributed by atoms with Crippen molar-refractivity contribution in [2.75, 3.05) is 6.54 Å². The first-order chi connectivity index (χ1) is 8.81. The SMILES string of the molecule is CCn1[nH]c(=O)c2c1CCN(C(=O)OC(C)(C)C)C2. The van der Waals surface area contributed by atoms with Crippen LogP contribution in [0.1, 0.15) is 39.0 Å². The van der Waals surface area contributed by atoms with Crippen LogP contribution in [0.3, 0.4) is 0 Å². The third kappa shape index (κ3) is 2.83. The average molecular weight is 267 g/mol. The monoisotopic (exact) mass is 267 g/mol. The van der Waals surface area contributed by atoms with Gasteiger partial charge in [-0.15, -0.1) is 0 Å². The molecule has 1 N–H and O–H groups in total. The van der Waals surface area contributed by atoms with Gasteiger partial charge >= 0.3 is 6.09 Å². The third-order valence-corrected chi connectivity index (χ3v) is 3.12. The lowest BCUT2D eigenvalue weighted by Gasteiger charge is -2.29. The molecular weight excluding hydrogens is 246 g/mol. The highest BCUT2D eigenvalue weighted by Gasteiger charge is 2.28. The van der Waals surface area contributed by atoms with E-state index in [0.29, 0.717) is 25.1 Å². The van der Waals surface area contributed by atoms with Crippen molar-refractivity contribution in [1.82, 2.24) is 14.7 Å². The molecular formula is C13H21N3O3. The number of fused-ring (bicyclic) bond motifs is 1. The Bertz CT molecular complexity index is 536. The molecule has 0 radical (unpaired) electrons. The molecule has 0 atom stereocenters. The van der Waals surface area contributed by atoms with Crippen LogP contribution in [0.4, 0.5) is 4.79 Å². The van der Waals surface area contributed by atoms with Gasteiger partial charge in [-0.1, -0.05) is 0 Å². The minimum Gasteiger partial charge on any atom is -0.444 e. The summed E-state index contributed by atoms with van der Waals surface area (Å²) in [5.74, 6) is 0. The molecule has 1 aromatic rings. The zero-order chi connectivity index (χ0) is 14.2. The van der Waals surface area contributed by atoms with Gasteiger partial charge in [-0.3, -0.25) is 14.6 Å². The van der Waals surface area contributed by atoms with Gasteiger partial charge < -0.3 is 9.64 Å². The van der Waals surface area contributed by atoms with E-state index in [2.05, 4.69) is 5.10 Å². The predicted molar refractivity (Wildman–Crippen MR) is 71.1 cm³/mol. The first-order valence-corrected chi connectivity index (χ1v) is 6.60. The number of aromatic amines is 1. The highest BCUT2D eigenvalue weighted by molar-refractivity contribution is 5.68. The van der Waals surface area contributed by atoms with Gasteiger partial charge in [0.15, 0.2) is 0 Å². The van der Waals surface area contributed by atoms with Crippen molar-refractivity contribution >= 4 is 6.09 Å². The van der Waals surface area contributed by atoms with Crippen LogP contribution in [0, 0.1) is 0 Å². The first-order valence-electron chi connectivity index (χ1n) is 6.60. The predicted octanol–water partition coefficient (Wildman–Crippen LogP) is 1.49. The van der Waals surface area contributed by atoms with Crippen molar-refractivity contribution in [3.63, 3.8) is 0 Å². The number of H-pyrrole nitrogens is 1. The van der Waals surface area contributed by atoms with Gasteiger partial charge in [-0.05, 0) is 27.7 Å². The number of rotatable bonds is 1. The van der Waals surface area contributed by atoms with E-state index >= 15 is 0 Å². The number of nitrogens with one attached hydrogen (secondary N) is 1. The second-order valence-corrected chi connectivity index (χ2v) is 5.76. The number of hydrogen-bond donors (Lipinski definition) is 1. The Morgan fingerprint density at radius 2 is 2.11 bits per heavy atom. The van der Waals surface area contributed by atoms with Crippen molar-refractivity contribution < 1.29 is 9.53 Å². The smallest absolute Gasteiger partial charge is 0.410 e. The summed E-state index contributed by atoms with van der Waals surface area (Å²) >= 11 is 0. The number of aryl methyl sites for hydroxylation is 1. The molecule has 0 spiro atoms. The molecule has 0 saturated carbocycles.